The fraction of sp³-hybridized carbons (Fsp3) is 0.444. The highest BCUT2D eigenvalue weighted by molar-refractivity contribution is 5.78. The van der Waals surface area contributed by atoms with E-state index in [9.17, 15) is 4.79 Å². The van der Waals surface area contributed by atoms with Gasteiger partial charge in [-0.2, -0.15) is 0 Å². The van der Waals surface area contributed by atoms with Gasteiger partial charge in [-0.25, -0.2) is 4.98 Å². The fourth-order valence-electron chi connectivity index (χ4n) is 1.52. The molecule has 0 radical (unpaired) electrons. The molecule has 1 aromatic heterocycles. The van der Waals surface area contributed by atoms with Gasteiger partial charge in [0.15, 0.2) is 0 Å². The standard InChI is InChI=1S/C9H13N5O/c10-7-4-11-5-8(14-7)12-3-6-1-2-9(15)13-6/h4-6H,1-3H2,(H,13,15)(H3,10,12,14). The van der Waals surface area contributed by atoms with E-state index in [1.54, 1.807) is 6.20 Å². The highest BCUT2D eigenvalue weighted by atomic mass is 16.1. The van der Waals surface area contributed by atoms with Gasteiger partial charge in [0.05, 0.1) is 12.4 Å². The zero-order valence-corrected chi connectivity index (χ0v) is 8.23. The van der Waals surface area contributed by atoms with Gasteiger partial charge in [0.1, 0.15) is 11.6 Å². The number of nitrogen functional groups attached to an aromatic ring is 1. The molecule has 15 heavy (non-hydrogen) atoms. The van der Waals surface area contributed by atoms with E-state index in [0.29, 0.717) is 24.6 Å². The van der Waals surface area contributed by atoms with E-state index in [0.717, 1.165) is 6.42 Å². The molecule has 0 saturated carbocycles. The lowest BCUT2D eigenvalue weighted by molar-refractivity contribution is -0.119. The maximum atomic E-state index is 10.9. The Hall–Kier alpha value is -1.85. The SMILES string of the molecule is Nc1cncc(NCC2CCC(=O)N2)n1. The van der Waals surface area contributed by atoms with Crippen LogP contribution in [0.5, 0.6) is 0 Å². The van der Waals surface area contributed by atoms with Gasteiger partial charge >= 0.3 is 0 Å². The number of nitrogens with zero attached hydrogens (tertiary/aromatic N) is 2. The summed E-state index contributed by atoms with van der Waals surface area (Å²) in [6, 6.07) is 0.181. The van der Waals surface area contributed by atoms with Crippen LogP contribution in [0, 0.1) is 0 Å². The molecule has 1 aliphatic rings. The van der Waals surface area contributed by atoms with Gasteiger partial charge in [-0.1, -0.05) is 0 Å². The van der Waals surface area contributed by atoms with Crippen LogP contribution in [-0.4, -0.2) is 28.5 Å². The number of hydrogen-bond donors (Lipinski definition) is 3. The van der Waals surface area contributed by atoms with Crippen molar-refractivity contribution in [3.05, 3.63) is 12.4 Å². The summed E-state index contributed by atoms with van der Waals surface area (Å²) >= 11 is 0. The van der Waals surface area contributed by atoms with Crippen LogP contribution in [0.1, 0.15) is 12.8 Å². The van der Waals surface area contributed by atoms with Crippen molar-refractivity contribution in [3.8, 4) is 0 Å². The fourth-order valence-corrected chi connectivity index (χ4v) is 1.52. The topological polar surface area (TPSA) is 92.9 Å². The Morgan fingerprint density at radius 3 is 3.13 bits per heavy atom. The van der Waals surface area contributed by atoms with Crippen molar-refractivity contribution in [2.75, 3.05) is 17.6 Å². The second kappa shape index (κ2) is 4.12. The molecule has 2 rings (SSSR count). The average molecular weight is 207 g/mol. The van der Waals surface area contributed by atoms with E-state index in [1.165, 1.54) is 6.20 Å². The first-order chi connectivity index (χ1) is 7.24. The van der Waals surface area contributed by atoms with Crippen molar-refractivity contribution >= 4 is 17.5 Å². The Bertz CT molecular complexity index is 367. The third-order valence-electron chi connectivity index (χ3n) is 2.27. The summed E-state index contributed by atoms with van der Waals surface area (Å²) in [6.07, 6.45) is 4.56. The van der Waals surface area contributed by atoms with Gasteiger partial charge in [-0.3, -0.25) is 9.78 Å². The summed E-state index contributed by atoms with van der Waals surface area (Å²) in [5.41, 5.74) is 5.48. The molecule has 0 bridgehead atoms. The van der Waals surface area contributed by atoms with Crippen LogP contribution < -0.4 is 16.4 Å². The zero-order valence-electron chi connectivity index (χ0n) is 8.23. The number of rotatable bonds is 3. The van der Waals surface area contributed by atoms with Crippen molar-refractivity contribution in [2.45, 2.75) is 18.9 Å². The molecule has 0 spiro atoms. The van der Waals surface area contributed by atoms with Crippen molar-refractivity contribution in [1.82, 2.24) is 15.3 Å². The molecule has 4 N–H and O–H groups in total. The molecule has 1 fully saturated rings. The molecule has 80 valence electrons. The second-order valence-corrected chi connectivity index (χ2v) is 3.51. The Balaban J connectivity index is 1.85. The summed E-state index contributed by atoms with van der Waals surface area (Å²) in [5, 5.41) is 5.94. The summed E-state index contributed by atoms with van der Waals surface area (Å²) in [4.78, 5) is 18.9. The summed E-state index contributed by atoms with van der Waals surface area (Å²) < 4.78 is 0. The highest BCUT2D eigenvalue weighted by Crippen LogP contribution is 2.08. The molecular weight excluding hydrogens is 194 g/mol. The van der Waals surface area contributed by atoms with Gasteiger partial charge in [-0.15, -0.1) is 0 Å². The van der Waals surface area contributed by atoms with Gasteiger partial charge in [0.25, 0.3) is 0 Å². The van der Waals surface area contributed by atoms with Crippen LogP contribution in [0.4, 0.5) is 11.6 Å². The van der Waals surface area contributed by atoms with Crippen LogP contribution in [0.15, 0.2) is 12.4 Å². The van der Waals surface area contributed by atoms with Crippen molar-refractivity contribution in [2.24, 2.45) is 0 Å². The molecule has 1 saturated heterocycles. The van der Waals surface area contributed by atoms with E-state index in [1.807, 2.05) is 0 Å². The van der Waals surface area contributed by atoms with Gasteiger partial charge in [-0.05, 0) is 6.42 Å². The zero-order chi connectivity index (χ0) is 10.7. The Morgan fingerprint density at radius 1 is 1.60 bits per heavy atom. The van der Waals surface area contributed by atoms with Crippen LogP contribution in [0.2, 0.25) is 0 Å². The molecule has 2 heterocycles. The largest absolute Gasteiger partial charge is 0.382 e. The lowest BCUT2D eigenvalue weighted by atomic mass is 10.2. The monoisotopic (exact) mass is 207 g/mol. The van der Waals surface area contributed by atoms with Crippen LogP contribution in [0.25, 0.3) is 0 Å². The van der Waals surface area contributed by atoms with Crippen molar-refractivity contribution in [3.63, 3.8) is 0 Å². The summed E-state index contributed by atoms with van der Waals surface area (Å²) in [6.45, 7) is 0.657. The Labute approximate surface area is 87.3 Å². The minimum absolute atomic E-state index is 0.112. The smallest absolute Gasteiger partial charge is 0.220 e. The van der Waals surface area contributed by atoms with Crippen LogP contribution in [0.3, 0.4) is 0 Å². The average Bonchev–Trinajstić information content (AvgIpc) is 2.62. The first-order valence-corrected chi connectivity index (χ1v) is 4.85. The van der Waals surface area contributed by atoms with Gasteiger partial charge in [0.2, 0.25) is 5.91 Å². The molecular formula is C9H13N5O. The van der Waals surface area contributed by atoms with E-state index in [4.69, 9.17) is 5.73 Å². The minimum Gasteiger partial charge on any atom is -0.382 e. The molecule has 0 aromatic carbocycles. The van der Waals surface area contributed by atoms with E-state index in [-0.39, 0.29) is 11.9 Å². The maximum absolute atomic E-state index is 10.9. The number of nitrogens with one attached hydrogen (secondary N) is 2. The number of hydrogen-bond acceptors (Lipinski definition) is 5. The number of amides is 1. The Morgan fingerprint density at radius 2 is 2.47 bits per heavy atom. The predicted molar refractivity (Wildman–Crippen MR) is 56.1 cm³/mol. The van der Waals surface area contributed by atoms with Gasteiger partial charge in [0, 0.05) is 19.0 Å². The third-order valence-corrected chi connectivity index (χ3v) is 2.27. The number of carbonyl (C=O) groups is 1. The van der Waals surface area contributed by atoms with E-state index >= 15 is 0 Å². The molecule has 6 nitrogen and oxygen atoms in total. The number of anilines is 2. The lowest BCUT2D eigenvalue weighted by Crippen LogP contribution is -2.32. The van der Waals surface area contributed by atoms with Crippen molar-refractivity contribution in [1.29, 1.82) is 0 Å². The van der Waals surface area contributed by atoms with E-state index < -0.39 is 0 Å². The first kappa shape index (κ1) is 9.70. The molecule has 6 heteroatoms. The number of aromatic nitrogens is 2. The molecule has 1 aliphatic heterocycles. The lowest BCUT2D eigenvalue weighted by Gasteiger charge is -2.11. The molecule has 1 unspecified atom stereocenters. The summed E-state index contributed by atoms with van der Waals surface area (Å²) in [5.74, 6) is 1.13. The normalized spacial score (nSPS) is 20.0. The summed E-state index contributed by atoms with van der Waals surface area (Å²) in [7, 11) is 0. The maximum Gasteiger partial charge on any atom is 0.220 e. The first-order valence-electron chi connectivity index (χ1n) is 4.85. The van der Waals surface area contributed by atoms with E-state index in [2.05, 4.69) is 20.6 Å². The minimum atomic E-state index is 0.112. The van der Waals surface area contributed by atoms with Crippen LogP contribution >= 0.6 is 0 Å². The van der Waals surface area contributed by atoms with Crippen molar-refractivity contribution < 1.29 is 4.79 Å². The van der Waals surface area contributed by atoms with Gasteiger partial charge < -0.3 is 16.4 Å². The number of carbonyl (C=O) groups excluding carboxylic acids is 1. The molecule has 1 amide bonds. The third kappa shape index (κ3) is 2.55. The quantitative estimate of drug-likeness (QED) is 0.635. The predicted octanol–water partition coefficient (Wildman–Crippen LogP) is -0.251. The second-order valence-electron chi connectivity index (χ2n) is 3.51. The molecule has 1 atom stereocenters. The number of nitrogens with two attached hydrogens (primary N) is 1. The Kier molecular flexibility index (Phi) is 2.66. The molecule has 0 aliphatic carbocycles. The van der Waals surface area contributed by atoms with Crippen LogP contribution in [-0.2, 0) is 4.79 Å². The highest BCUT2D eigenvalue weighted by Gasteiger charge is 2.20. The molecule has 1 aromatic rings.